The lowest BCUT2D eigenvalue weighted by molar-refractivity contribution is 0.0783. The van der Waals surface area contributed by atoms with Crippen molar-refractivity contribution < 1.29 is 4.43 Å². The van der Waals surface area contributed by atoms with Gasteiger partial charge in [-0.25, -0.2) is 0 Å². The van der Waals surface area contributed by atoms with E-state index in [-0.39, 0.29) is 5.60 Å². The van der Waals surface area contributed by atoms with Crippen LogP contribution in [0.25, 0.3) is 0 Å². The molecule has 0 saturated carbocycles. The second kappa shape index (κ2) is 10.8. The zero-order chi connectivity index (χ0) is 18.1. The summed E-state index contributed by atoms with van der Waals surface area (Å²) >= 11 is 0. The Morgan fingerprint density at radius 1 is 0.783 bits per heavy atom. The van der Waals surface area contributed by atoms with Gasteiger partial charge in [-0.3, -0.25) is 0 Å². The molecule has 0 saturated heterocycles. The van der Waals surface area contributed by atoms with Gasteiger partial charge in [-0.15, -0.1) is 0 Å². The molecule has 0 radical (unpaired) electrons. The van der Waals surface area contributed by atoms with Crippen LogP contribution < -0.4 is 0 Å². The number of hydrogen-bond acceptors (Lipinski definition) is 4. The van der Waals surface area contributed by atoms with Gasteiger partial charge >= 0.3 is 0 Å². The van der Waals surface area contributed by atoms with Gasteiger partial charge in [0.05, 0.1) is 5.60 Å². The zero-order valence-corrected chi connectivity index (χ0v) is 18.8. The molecule has 0 aliphatic heterocycles. The highest BCUT2D eigenvalue weighted by molar-refractivity contribution is 6.27. The second-order valence-electron chi connectivity index (χ2n) is 8.32. The summed E-state index contributed by atoms with van der Waals surface area (Å²) in [4.78, 5) is 7.03. The highest BCUT2D eigenvalue weighted by atomic mass is 28.2. The van der Waals surface area contributed by atoms with Gasteiger partial charge in [0.15, 0.2) is 9.76 Å². The molecular weight excluding hydrogens is 302 g/mol. The molecule has 5 heteroatoms. The summed E-state index contributed by atoms with van der Waals surface area (Å²) < 4.78 is 6.34. The Hall–Kier alpha value is 0.0569. The number of hydrogen-bond donors (Lipinski definition) is 0. The third-order valence-electron chi connectivity index (χ3n) is 4.75. The summed E-state index contributed by atoms with van der Waals surface area (Å²) in [6.07, 6.45) is 3.50. The van der Waals surface area contributed by atoms with Crippen LogP contribution in [0, 0.1) is 5.41 Å². The standard InChI is InChI=1S/C18H43N3OSi/c1-10-17(3,11-2)22-23-13-12-18(14-19(4)5,15-20(6)7)16-21(8)9/h10-16,23H2,1-9H3. The molecule has 0 unspecified atom stereocenters. The fourth-order valence-electron chi connectivity index (χ4n) is 3.62. The van der Waals surface area contributed by atoms with Crippen LogP contribution in [0.5, 0.6) is 0 Å². The molecule has 140 valence electrons. The van der Waals surface area contributed by atoms with Crippen LogP contribution in [0.1, 0.15) is 40.0 Å². The van der Waals surface area contributed by atoms with Crippen molar-refractivity contribution in [2.45, 2.75) is 51.7 Å². The topological polar surface area (TPSA) is 19.0 Å². The Bertz CT molecular complexity index is 278. The Morgan fingerprint density at radius 2 is 1.17 bits per heavy atom. The van der Waals surface area contributed by atoms with Gasteiger partial charge in [-0.1, -0.05) is 13.8 Å². The largest absolute Gasteiger partial charge is 0.419 e. The lowest BCUT2D eigenvalue weighted by Gasteiger charge is -2.40. The highest BCUT2D eigenvalue weighted by Crippen LogP contribution is 2.28. The lowest BCUT2D eigenvalue weighted by atomic mass is 9.83. The number of rotatable bonds is 13. The summed E-state index contributed by atoms with van der Waals surface area (Å²) in [5, 5.41) is 0. The van der Waals surface area contributed by atoms with E-state index in [9.17, 15) is 0 Å². The SMILES string of the molecule is CCC(C)(CC)O[SiH2]CCC(CN(C)C)(CN(C)C)CN(C)C. The predicted molar refractivity (Wildman–Crippen MR) is 106 cm³/mol. The van der Waals surface area contributed by atoms with Gasteiger partial charge in [0.1, 0.15) is 0 Å². The third-order valence-corrected chi connectivity index (χ3v) is 6.30. The summed E-state index contributed by atoms with van der Waals surface area (Å²) in [7, 11) is 12.7. The smallest absolute Gasteiger partial charge is 0.162 e. The molecular formula is C18H43N3OSi. The van der Waals surface area contributed by atoms with E-state index in [1.807, 2.05) is 0 Å². The van der Waals surface area contributed by atoms with E-state index in [1.165, 1.54) is 12.5 Å². The maximum absolute atomic E-state index is 6.34. The van der Waals surface area contributed by atoms with E-state index >= 15 is 0 Å². The molecule has 0 spiro atoms. The van der Waals surface area contributed by atoms with Gasteiger partial charge in [0.2, 0.25) is 0 Å². The molecule has 0 amide bonds. The van der Waals surface area contributed by atoms with Crippen LogP contribution in [-0.4, -0.2) is 92.0 Å². The Morgan fingerprint density at radius 3 is 1.48 bits per heavy atom. The molecule has 0 atom stereocenters. The van der Waals surface area contributed by atoms with E-state index in [4.69, 9.17) is 4.43 Å². The molecule has 0 heterocycles. The first-order chi connectivity index (χ1) is 10.6. The van der Waals surface area contributed by atoms with Crippen molar-refractivity contribution in [3.8, 4) is 0 Å². The van der Waals surface area contributed by atoms with Crippen LogP contribution >= 0.6 is 0 Å². The molecule has 0 bridgehead atoms. The third kappa shape index (κ3) is 9.82. The quantitative estimate of drug-likeness (QED) is 0.376. The molecule has 0 aliphatic carbocycles. The average molecular weight is 346 g/mol. The van der Waals surface area contributed by atoms with Gasteiger partial charge in [0.25, 0.3) is 0 Å². The molecule has 0 rings (SSSR count). The minimum absolute atomic E-state index is 0.111. The van der Waals surface area contributed by atoms with E-state index in [0.29, 0.717) is 5.41 Å². The minimum atomic E-state index is -0.452. The normalized spacial score (nSPS) is 14.1. The Kier molecular flexibility index (Phi) is 10.9. The van der Waals surface area contributed by atoms with Crippen LogP contribution in [0.4, 0.5) is 0 Å². The van der Waals surface area contributed by atoms with Crippen molar-refractivity contribution in [2.75, 3.05) is 61.9 Å². The highest BCUT2D eigenvalue weighted by Gasteiger charge is 2.32. The van der Waals surface area contributed by atoms with Crippen molar-refractivity contribution in [2.24, 2.45) is 5.41 Å². The first kappa shape index (κ1) is 23.1. The van der Waals surface area contributed by atoms with E-state index < -0.39 is 9.76 Å². The summed E-state index contributed by atoms with van der Waals surface area (Å²) in [5.41, 5.74) is 0.432. The molecule has 4 nitrogen and oxygen atoms in total. The number of nitrogens with zero attached hydrogens (tertiary/aromatic N) is 3. The van der Waals surface area contributed by atoms with Crippen molar-refractivity contribution >= 4 is 9.76 Å². The molecule has 23 heavy (non-hydrogen) atoms. The molecule has 0 N–H and O–H groups in total. The van der Waals surface area contributed by atoms with Crippen molar-refractivity contribution in [3.63, 3.8) is 0 Å². The predicted octanol–water partition coefficient (Wildman–Crippen LogP) is 2.15. The molecule has 0 aromatic rings. The average Bonchev–Trinajstić information content (AvgIpc) is 2.41. The van der Waals surface area contributed by atoms with Gasteiger partial charge in [-0.2, -0.15) is 0 Å². The van der Waals surface area contributed by atoms with Crippen LogP contribution in [0.2, 0.25) is 6.04 Å². The molecule has 0 aromatic heterocycles. The van der Waals surface area contributed by atoms with E-state index in [2.05, 4.69) is 77.8 Å². The second-order valence-corrected chi connectivity index (χ2v) is 9.73. The summed E-state index contributed by atoms with van der Waals surface area (Å²) in [5.74, 6) is 0. The van der Waals surface area contributed by atoms with Crippen LogP contribution in [-0.2, 0) is 4.43 Å². The fourth-order valence-corrected chi connectivity index (χ4v) is 5.56. The van der Waals surface area contributed by atoms with Crippen LogP contribution in [0.3, 0.4) is 0 Å². The zero-order valence-electron chi connectivity index (χ0n) is 17.4. The van der Waals surface area contributed by atoms with Crippen molar-refractivity contribution in [3.05, 3.63) is 0 Å². The fraction of sp³-hybridized carbons (Fsp3) is 1.00. The van der Waals surface area contributed by atoms with Gasteiger partial charge in [0, 0.05) is 25.0 Å². The Balaban J connectivity index is 4.78. The molecule has 0 aliphatic rings. The maximum atomic E-state index is 6.34. The van der Waals surface area contributed by atoms with Gasteiger partial charge in [-0.05, 0) is 74.5 Å². The maximum Gasteiger partial charge on any atom is 0.162 e. The van der Waals surface area contributed by atoms with Crippen LogP contribution in [0.15, 0.2) is 0 Å². The first-order valence-electron chi connectivity index (χ1n) is 9.16. The summed E-state index contributed by atoms with van der Waals surface area (Å²) in [6, 6.07) is 1.27. The Labute approximate surface area is 148 Å². The minimum Gasteiger partial charge on any atom is -0.419 e. The molecule has 0 fully saturated rings. The molecule has 0 aromatic carbocycles. The lowest BCUT2D eigenvalue weighted by Crippen LogP contribution is -2.48. The van der Waals surface area contributed by atoms with Gasteiger partial charge < -0.3 is 19.1 Å². The van der Waals surface area contributed by atoms with E-state index in [1.54, 1.807) is 0 Å². The van der Waals surface area contributed by atoms with Crippen molar-refractivity contribution in [1.29, 1.82) is 0 Å². The monoisotopic (exact) mass is 345 g/mol. The van der Waals surface area contributed by atoms with Crippen molar-refractivity contribution in [1.82, 2.24) is 14.7 Å². The van der Waals surface area contributed by atoms with E-state index in [0.717, 1.165) is 32.5 Å². The first-order valence-corrected chi connectivity index (χ1v) is 10.7. The summed E-state index contributed by atoms with van der Waals surface area (Å²) in [6.45, 7) is 10.2.